The highest BCUT2D eigenvalue weighted by molar-refractivity contribution is 7.89. The summed E-state index contributed by atoms with van der Waals surface area (Å²) in [6.45, 7) is 0.121. The Labute approximate surface area is 156 Å². The average molecular weight is 386 g/mol. The van der Waals surface area contributed by atoms with Gasteiger partial charge in [-0.15, -0.1) is 0 Å². The molecule has 0 fully saturated rings. The second-order valence-electron chi connectivity index (χ2n) is 5.72. The zero-order valence-corrected chi connectivity index (χ0v) is 15.4. The Kier molecular flexibility index (Phi) is 5.57. The van der Waals surface area contributed by atoms with E-state index in [1.807, 2.05) is 18.2 Å². The van der Waals surface area contributed by atoms with Gasteiger partial charge in [-0.1, -0.05) is 6.07 Å². The first kappa shape index (κ1) is 18.7. The number of aromatic nitrogens is 4. The topological polar surface area (TPSA) is 110 Å². The third-order valence-corrected chi connectivity index (χ3v) is 5.45. The molecule has 9 nitrogen and oxygen atoms in total. The van der Waals surface area contributed by atoms with E-state index in [2.05, 4.69) is 20.4 Å². The molecule has 0 spiro atoms. The van der Waals surface area contributed by atoms with Crippen LogP contribution in [0.25, 0.3) is 0 Å². The molecule has 0 atom stereocenters. The normalized spacial score (nSPS) is 11.5. The maximum Gasteiger partial charge on any atom is 0.244 e. The fraction of sp³-hybridized carbons (Fsp3) is 0.176. The number of pyridine rings is 2. The van der Waals surface area contributed by atoms with Crippen LogP contribution in [0.15, 0.2) is 66.1 Å². The van der Waals surface area contributed by atoms with Gasteiger partial charge in [0.25, 0.3) is 0 Å². The van der Waals surface area contributed by atoms with Crippen LogP contribution in [0.4, 0.5) is 5.82 Å². The van der Waals surface area contributed by atoms with E-state index in [1.54, 1.807) is 23.1 Å². The van der Waals surface area contributed by atoms with Crippen LogP contribution < -0.4 is 5.32 Å². The van der Waals surface area contributed by atoms with Gasteiger partial charge >= 0.3 is 0 Å². The van der Waals surface area contributed by atoms with Gasteiger partial charge in [0.15, 0.2) is 5.82 Å². The monoisotopic (exact) mass is 386 g/mol. The summed E-state index contributed by atoms with van der Waals surface area (Å²) in [6.07, 6.45) is 6.12. The van der Waals surface area contributed by atoms with Crippen molar-refractivity contribution in [2.24, 2.45) is 0 Å². The fourth-order valence-electron chi connectivity index (χ4n) is 2.32. The van der Waals surface area contributed by atoms with Crippen LogP contribution in [0.3, 0.4) is 0 Å². The molecule has 140 valence electrons. The number of hydrogen-bond acceptors (Lipinski definition) is 6. The summed E-state index contributed by atoms with van der Waals surface area (Å²) in [4.78, 5) is 20.2. The molecule has 0 bridgehead atoms. The zero-order chi connectivity index (χ0) is 19.3. The number of likely N-dealkylation sites (N-methyl/N-ethyl adjacent to an activating group) is 1. The van der Waals surface area contributed by atoms with E-state index in [4.69, 9.17) is 0 Å². The third kappa shape index (κ3) is 4.74. The van der Waals surface area contributed by atoms with Crippen LogP contribution in [-0.2, 0) is 21.4 Å². The molecule has 3 heterocycles. The van der Waals surface area contributed by atoms with Crippen LogP contribution in [0.2, 0.25) is 0 Å². The van der Waals surface area contributed by atoms with Crippen molar-refractivity contribution in [2.45, 2.75) is 11.4 Å². The highest BCUT2D eigenvalue weighted by Crippen LogP contribution is 2.12. The fourth-order valence-corrected chi connectivity index (χ4v) is 3.41. The molecule has 0 aliphatic carbocycles. The van der Waals surface area contributed by atoms with Crippen molar-refractivity contribution in [1.29, 1.82) is 0 Å². The van der Waals surface area contributed by atoms with Crippen LogP contribution in [0, 0.1) is 0 Å². The molecule has 0 aliphatic heterocycles. The van der Waals surface area contributed by atoms with E-state index in [0.717, 1.165) is 10.00 Å². The standard InChI is InChI=1S/C17H18N6O3S/c1-22(27(25,26)15-6-4-8-18-11-15)13-17(24)20-16-7-10-23(21-16)12-14-5-2-3-9-19-14/h2-11H,12-13H2,1H3,(H,20,21,24). The predicted molar refractivity (Wildman–Crippen MR) is 98.2 cm³/mol. The summed E-state index contributed by atoms with van der Waals surface area (Å²) >= 11 is 0. The van der Waals surface area contributed by atoms with Crippen molar-refractivity contribution in [2.75, 3.05) is 18.9 Å². The van der Waals surface area contributed by atoms with Crippen molar-refractivity contribution in [3.05, 3.63) is 66.9 Å². The van der Waals surface area contributed by atoms with Crippen molar-refractivity contribution in [3.8, 4) is 0 Å². The molecule has 1 N–H and O–H groups in total. The van der Waals surface area contributed by atoms with Crippen molar-refractivity contribution >= 4 is 21.7 Å². The molecular formula is C17H18N6O3S. The predicted octanol–water partition coefficient (Wildman–Crippen LogP) is 0.981. The Hall–Kier alpha value is -3.11. The lowest BCUT2D eigenvalue weighted by Crippen LogP contribution is -2.35. The number of rotatable bonds is 7. The van der Waals surface area contributed by atoms with E-state index < -0.39 is 15.9 Å². The number of carbonyl (C=O) groups is 1. The minimum absolute atomic E-state index is 0.0277. The molecule has 3 rings (SSSR count). The first-order valence-corrected chi connectivity index (χ1v) is 9.49. The van der Waals surface area contributed by atoms with E-state index in [9.17, 15) is 13.2 Å². The summed E-state index contributed by atoms with van der Waals surface area (Å²) in [6, 6.07) is 10.2. The summed E-state index contributed by atoms with van der Waals surface area (Å²) < 4.78 is 27.4. The van der Waals surface area contributed by atoms with Gasteiger partial charge in [0.2, 0.25) is 15.9 Å². The molecule has 0 radical (unpaired) electrons. The van der Waals surface area contributed by atoms with Crippen LogP contribution >= 0.6 is 0 Å². The SMILES string of the molecule is CN(CC(=O)Nc1ccn(Cc2ccccn2)n1)S(=O)(=O)c1cccnc1. The maximum atomic E-state index is 12.4. The summed E-state index contributed by atoms with van der Waals surface area (Å²) in [5, 5.41) is 6.83. The molecule has 0 aromatic carbocycles. The van der Waals surface area contributed by atoms with Crippen LogP contribution in [0.1, 0.15) is 5.69 Å². The number of hydrogen-bond donors (Lipinski definition) is 1. The molecule has 0 unspecified atom stereocenters. The Morgan fingerprint density at radius 1 is 1.19 bits per heavy atom. The zero-order valence-electron chi connectivity index (χ0n) is 14.6. The summed E-state index contributed by atoms with van der Waals surface area (Å²) in [5.74, 6) is -0.156. The van der Waals surface area contributed by atoms with E-state index >= 15 is 0 Å². The van der Waals surface area contributed by atoms with E-state index in [-0.39, 0.29) is 11.4 Å². The van der Waals surface area contributed by atoms with Gasteiger partial charge in [-0.3, -0.25) is 19.4 Å². The van der Waals surface area contributed by atoms with Crippen molar-refractivity contribution in [3.63, 3.8) is 0 Å². The summed E-state index contributed by atoms with van der Waals surface area (Å²) in [5.41, 5.74) is 0.834. The van der Waals surface area contributed by atoms with Crippen LogP contribution in [-0.4, -0.2) is 52.0 Å². The van der Waals surface area contributed by atoms with Crippen molar-refractivity contribution in [1.82, 2.24) is 24.1 Å². The van der Waals surface area contributed by atoms with Gasteiger partial charge in [0.1, 0.15) is 4.90 Å². The highest BCUT2D eigenvalue weighted by Gasteiger charge is 2.23. The van der Waals surface area contributed by atoms with Gasteiger partial charge in [-0.05, 0) is 24.3 Å². The quantitative estimate of drug-likeness (QED) is 0.648. The molecule has 0 aliphatic rings. The van der Waals surface area contributed by atoms with Gasteiger partial charge in [0, 0.05) is 37.9 Å². The smallest absolute Gasteiger partial charge is 0.244 e. The summed E-state index contributed by atoms with van der Waals surface area (Å²) in [7, 11) is -2.45. The Morgan fingerprint density at radius 2 is 2.04 bits per heavy atom. The first-order chi connectivity index (χ1) is 12.9. The second kappa shape index (κ2) is 8.06. The minimum atomic E-state index is -3.79. The lowest BCUT2D eigenvalue weighted by Gasteiger charge is -2.16. The highest BCUT2D eigenvalue weighted by atomic mass is 32.2. The maximum absolute atomic E-state index is 12.4. The number of anilines is 1. The Bertz CT molecular complexity index is 1010. The second-order valence-corrected chi connectivity index (χ2v) is 7.76. The van der Waals surface area contributed by atoms with Gasteiger partial charge < -0.3 is 5.32 Å². The molecular weight excluding hydrogens is 368 g/mol. The molecule has 3 aromatic heterocycles. The van der Waals surface area contributed by atoms with E-state index in [1.165, 1.54) is 31.6 Å². The Balaban J connectivity index is 1.59. The van der Waals surface area contributed by atoms with Gasteiger partial charge in [-0.2, -0.15) is 9.40 Å². The lowest BCUT2D eigenvalue weighted by atomic mass is 10.3. The van der Waals surface area contributed by atoms with Crippen molar-refractivity contribution < 1.29 is 13.2 Å². The largest absolute Gasteiger partial charge is 0.308 e. The van der Waals surface area contributed by atoms with Crippen LogP contribution in [0.5, 0.6) is 0 Å². The van der Waals surface area contributed by atoms with E-state index in [0.29, 0.717) is 12.4 Å². The van der Waals surface area contributed by atoms with Gasteiger partial charge in [0.05, 0.1) is 18.8 Å². The first-order valence-electron chi connectivity index (χ1n) is 8.05. The number of carbonyl (C=O) groups excluding carboxylic acids is 1. The molecule has 1 amide bonds. The molecule has 0 saturated heterocycles. The number of nitrogens with one attached hydrogen (secondary N) is 1. The average Bonchev–Trinajstić information content (AvgIpc) is 3.09. The molecule has 27 heavy (non-hydrogen) atoms. The molecule has 3 aromatic rings. The molecule has 0 saturated carbocycles. The Morgan fingerprint density at radius 3 is 2.74 bits per heavy atom. The minimum Gasteiger partial charge on any atom is -0.308 e. The number of amides is 1. The molecule has 10 heteroatoms. The lowest BCUT2D eigenvalue weighted by molar-refractivity contribution is -0.116. The number of nitrogens with zero attached hydrogens (tertiary/aromatic N) is 5. The number of sulfonamides is 1. The van der Waals surface area contributed by atoms with Gasteiger partial charge in [-0.25, -0.2) is 8.42 Å². The third-order valence-electron chi connectivity index (χ3n) is 3.67.